The highest BCUT2D eigenvalue weighted by molar-refractivity contribution is 5.61. The van der Waals surface area contributed by atoms with Gasteiger partial charge < -0.3 is 10.2 Å². The van der Waals surface area contributed by atoms with E-state index in [1.54, 1.807) is 6.20 Å². The van der Waals surface area contributed by atoms with Gasteiger partial charge in [-0.3, -0.25) is 10.1 Å². The molecule has 106 valence electrons. The van der Waals surface area contributed by atoms with Gasteiger partial charge in [0.15, 0.2) is 0 Å². The van der Waals surface area contributed by atoms with E-state index in [0.29, 0.717) is 6.04 Å². The number of hydrogen-bond donors (Lipinski definition) is 2. The Bertz CT molecular complexity index is 536. The highest BCUT2D eigenvalue weighted by Crippen LogP contribution is 2.20. The largest absolute Gasteiger partial charge is 0.309 e. The van der Waals surface area contributed by atoms with E-state index in [0.717, 1.165) is 24.3 Å². The first kappa shape index (κ1) is 13.3. The van der Waals surface area contributed by atoms with Crippen molar-refractivity contribution in [1.29, 1.82) is 0 Å². The second-order valence-corrected chi connectivity index (χ2v) is 5.49. The van der Waals surface area contributed by atoms with Crippen LogP contribution >= 0.6 is 0 Å². The smallest absolute Gasteiger partial charge is 0.0710 e. The second-order valence-electron chi connectivity index (χ2n) is 5.49. The van der Waals surface area contributed by atoms with Gasteiger partial charge >= 0.3 is 0 Å². The van der Waals surface area contributed by atoms with Crippen LogP contribution < -0.4 is 5.32 Å². The Morgan fingerprint density at radius 1 is 1.45 bits per heavy atom. The maximum Gasteiger partial charge on any atom is 0.0710 e. The molecule has 0 aromatic carbocycles. The molecule has 1 aliphatic rings. The molecule has 1 fully saturated rings. The molecule has 1 aliphatic heterocycles. The molecule has 5 heteroatoms. The minimum absolute atomic E-state index is 0.574. The van der Waals surface area contributed by atoms with Crippen LogP contribution in [0.4, 0.5) is 0 Å². The molecule has 1 unspecified atom stereocenters. The van der Waals surface area contributed by atoms with E-state index in [1.807, 2.05) is 18.5 Å². The number of hydrogen-bond acceptors (Lipinski definition) is 4. The van der Waals surface area contributed by atoms with Gasteiger partial charge in [0.1, 0.15) is 0 Å². The summed E-state index contributed by atoms with van der Waals surface area (Å²) in [6.07, 6.45) is 8.09. The van der Waals surface area contributed by atoms with E-state index in [-0.39, 0.29) is 0 Å². The molecule has 2 aromatic rings. The maximum atomic E-state index is 4.17. The van der Waals surface area contributed by atoms with E-state index in [9.17, 15) is 0 Å². The molecule has 3 rings (SSSR count). The number of piperidine rings is 1. The van der Waals surface area contributed by atoms with E-state index in [4.69, 9.17) is 0 Å². The number of aromatic nitrogens is 3. The third-order valence-electron chi connectivity index (χ3n) is 3.87. The monoisotopic (exact) mass is 271 g/mol. The molecule has 0 bridgehead atoms. The van der Waals surface area contributed by atoms with Crippen molar-refractivity contribution in [1.82, 2.24) is 25.4 Å². The van der Waals surface area contributed by atoms with Crippen molar-refractivity contribution in [2.45, 2.75) is 25.4 Å². The van der Waals surface area contributed by atoms with E-state index in [1.165, 1.54) is 24.9 Å². The number of H-pyrrole nitrogens is 1. The van der Waals surface area contributed by atoms with Crippen LogP contribution in [-0.2, 0) is 6.54 Å². The van der Waals surface area contributed by atoms with Gasteiger partial charge in [-0.25, -0.2) is 0 Å². The third-order valence-corrected chi connectivity index (χ3v) is 3.87. The molecule has 0 radical (unpaired) electrons. The summed E-state index contributed by atoms with van der Waals surface area (Å²) in [5, 5.41) is 10.9. The minimum atomic E-state index is 0.574. The summed E-state index contributed by atoms with van der Waals surface area (Å²) >= 11 is 0. The molecule has 0 saturated carbocycles. The van der Waals surface area contributed by atoms with Gasteiger partial charge in [0, 0.05) is 42.7 Å². The topological polar surface area (TPSA) is 56.8 Å². The molecule has 0 amide bonds. The predicted molar refractivity (Wildman–Crippen MR) is 79.2 cm³/mol. The SMILES string of the molecule is CN1CCCC(NCc2cn[nH]c2-c2cccnc2)C1. The molecule has 2 N–H and O–H groups in total. The number of rotatable bonds is 4. The Hall–Kier alpha value is -1.72. The standard InChI is InChI=1S/C15H21N5/c1-20-7-3-5-14(11-20)17-9-13-10-18-19-15(13)12-4-2-6-16-8-12/h2,4,6,8,10,14,17H,3,5,7,9,11H2,1H3,(H,18,19). The first-order valence-corrected chi connectivity index (χ1v) is 7.17. The average Bonchev–Trinajstić information content (AvgIpc) is 2.95. The van der Waals surface area contributed by atoms with Crippen LogP contribution in [-0.4, -0.2) is 46.3 Å². The van der Waals surface area contributed by atoms with Crippen molar-refractivity contribution in [2.24, 2.45) is 0 Å². The minimum Gasteiger partial charge on any atom is -0.309 e. The Morgan fingerprint density at radius 3 is 3.20 bits per heavy atom. The normalized spacial score (nSPS) is 20.1. The molecular weight excluding hydrogens is 250 g/mol. The van der Waals surface area contributed by atoms with Crippen LogP contribution in [0, 0.1) is 0 Å². The number of likely N-dealkylation sites (N-methyl/N-ethyl adjacent to an activating group) is 1. The van der Waals surface area contributed by atoms with E-state index < -0.39 is 0 Å². The lowest BCUT2D eigenvalue weighted by Crippen LogP contribution is -2.43. The van der Waals surface area contributed by atoms with Gasteiger partial charge in [-0.2, -0.15) is 5.10 Å². The summed E-state index contributed by atoms with van der Waals surface area (Å²) in [5.74, 6) is 0. The highest BCUT2D eigenvalue weighted by Gasteiger charge is 2.17. The van der Waals surface area contributed by atoms with Crippen molar-refractivity contribution in [2.75, 3.05) is 20.1 Å². The number of nitrogens with one attached hydrogen (secondary N) is 2. The zero-order valence-electron chi connectivity index (χ0n) is 11.8. The van der Waals surface area contributed by atoms with Crippen LogP contribution in [0.15, 0.2) is 30.7 Å². The Labute approximate surface area is 119 Å². The predicted octanol–water partition coefficient (Wildman–Crippen LogP) is 1.66. The summed E-state index contributed by atoms with van der Waals surface area (Å²) in [4.78, 5) is 6.55. The van der Waals surface area contributed by atoms with Gasteiger partial charge in [-0.15, -0.1) is 0 Å². The summed E-state index contributed by atoms with van der Waals surface area (Å²) in [5.41, 5.74) is 3.35. The highest BCUT2D eigenvalue weighted by atomic mass is 15.1. The van der Waals surface area contributed by atoms with Gasteiger partial charge in [-0.1, -0.05) is 0 Å². The van der Waals surface area contributed by atoms with Gasteiger partial charge in [0.05, 0.1) is 11.9 Å². The third kappa shape index (κ3) is 3.05. The van der Waals surface area contributed by atoms with Crippen LogP contribution in [0.5, 0.6) is 0 Å². The van der Waals surface area contributed by atoms with Crippen LogP contribution in [0.2, 0.25) is 0 Å². The van der Waals surface area contributed by atoms with Crippen molar-refractivity contribution in [3.63, 3.8) is 0 Å². The molecule has 3 heterocycles. The van der Waals surface area contributed by atoms with E-state index in [2.05, 4.69) is 38.5 Å². The van der Waals surface area contributed by atoms with Crippen molar-refractivity contribution < 1.29 is 0 Å². The molecular formula is C15H21N5. The Morgan fingerprint density at radius 2 is 2.40 bits per heavy atom. The lowest BCUT2D eigenvalue weighted by Gasteiger charge is -2.30. The lowest BCUT2D eigenvalue weighted by atomic mass is 10.1. The number of aromatic amines is 1. The second kappa shape index (κ2) is 6.15. The van der Waals surface area contributed by atoms with Gasteiger partial charge in [-0.05, 0) is 38.6 Å². The summed E-state index contributed by atoms with van der Waals surface area (Å²) in [7, 11) is 2.19. The van der Waals surface area contributed by atoms with Crippen molar-refractivity contribution in [3.05, 3.63) is 36.3 Å². The first-order chi connectivity index (χ1) is 9.83. The lowest BCUT2D eigenvalue weighted by molar-refractivity contribution is 0.226. The fraction of sp³-hybridized carbons (Fsp3) is 0.467. The molecule has 20 heavy (non-hydrogen) atoms. The van der Waals surface area contributed by atoms with Crippen molar-refractivity contribution in [3.8, 4) is 11.3 Å². The van der Waals surface area contributed by atoms with Gasteiger partial charge in [0.2, 0.25) is 0 Å². The number of nitrogens with zero attached hydrogens (tertiary/aromatic N) is 3. The zero-order valence-corrected chi connectivity index (χ0v) is 11.8. The van der Waals surface area contributed by atoms with Crippen LogP contribution in [0.1, 0.15) is 18.4 Å². The molecule has 2 aromatic heterocycles. The molecule has 1 atom stereocenters. The Kier molecular flexibility index (Phi) is 4.08. The fourth-order valence-electron chi connectivity index (χ4n) is 2.79. The quantitative estimate of drug-likeness (QED) is 0.888. The zero-order chi connectivity index (χ0) is 13.8. The molecule has 0 spiro atoms. The summed E-state index contributed by atoms with van der Waals surface area (Å²) < 4.78 is 0. The maximum absolute atomic E-state index is 4.17. The molecule has 1 saturated heterocycles. The molecule has 5 nitrogen and oxygen atoms in total. The first-order valence-electron chi connectivity index (χ1n) is 7.17. The fourth-order valence-corrected chi connectivity index (χ4v) is 2.79. The number of likely N-dealkylation sites (tertiary alicyclic amines) is 1. The Balaban J connectivity index is 1.65. The summed E-state index contributed by atoms with van der Waals surface area (Å²) in [6, 6.07) is 4.58. The van der Waals surface area contributed by atoms with Gasteiger partial charge in [0.25, 0.3) is 0 Å². The average molecular weight is 271 g/mol. The van der Waals surface area contributed by atoms with Crippen molar-refractivity contribution >= 4 is 0 Å². The molecule has 0 aliphatic carbocycles. The van der Waals surface area contributed by atoms with E-state index >= 15 is 0 Å². The van der Waals surface area contributed by atoms with Crippen LogP contribution in [0.25, 0.3) is 11.3 Å². The summed E-state index contributed by atoms with van der Waals surface area (Å²) in [6.45, 7) is 3.18. The number of pyridine rings is 1. The van der Waals surface area contributed by atoms with Crippen LogP contribution in [0.3, 0.4) is 0 Å².